The third kappa shape index (κ3) is 5.09. The lowest BCUT2D eigenvalue weighted by Gasteiger charge is -2.36. The van der Waals surface area contributed by atoms with Crippen LogP contribution < -0.4 is 10.1 Å². The first-order valence-electron chi connectivity index (χ1n) is 10.6. The molecule has 156 valence electrons. The van der Waals surface area contributed by atoms with Gasteiger partial charge < -0.3 is 19.5 Å². The van der Waals surface area contributed by atoms with E-state index in [-0.39, 0.29) is 0 Å². The topological polar surface area (TPSA) is 66.1 Å². The largest absolute Gasteiger partial charge is 0.490 e. The number of piperazine rings is 1. The number of ether oxygens (including phenoxy) is 1. The van der Waals surface area contributed by atoms with Crippen molar-refractivity contribution in [2.45, 2.75) is 45.4 Å². The lowest BCUT2D eigenvalue weighted by atomic mass is 9.96. The van der Waals surface area contributed by atoms with Crippen molar-refractivity contribution in [1.29, 1.82) is 0 Å². The van der Waals surface area contributed by atoms with E-state index >= 15 is 0 Å². The number of aromatic nitrogens is 1. The van der Waals surface area contributed by atoms with Crippen LogP contribution in [0.3, 0.4) is 0 Å². The molecule has 1 aliphatic carbocycles. The number of para-hydroxylation sites is 1. The summed E-state index contributed by atoms with van der Waals surface area (Å²) in [5.74, 6) is 2.80. The SMILES string of the molecule is CN=C(NCc1ccccc1OC1CCC1)N1CCN(Cc2cc(C)on2)CC1. The highest BCUT2D eigenvalue weighted by atomic mass is 16.5. The summed E-state index contributed by atoms with van der Waals surface area (Å²) in [6, 6.07) is 10.3. The van der Waals surface area contributed by atoms with Crippen molar-refractivity contribution in [3.63, 3.8) is 0 Å². The number of aryl methyl sites for hydroxylation is 1. The fourth-order valence-corrected chi connectivity index (χ4v) is 3.78. The minimum atomic E-state index is 0.386. The van der Waals surface area contributed by atoms with E-state index in [0.717, 1.165) is 55.9 Å². The summed E-state index contributed by atoms with van der Waals surface area (Å²) >= 11 is 0. The van der Waals surface area contributed by atoms with Gasteiger partial charge in [0, 0.05) is 57.9 Å². The number of nitrogens with one attached hydrogen (secondary N) is 1. The van der Waals surface area contributed by atoms with Crippen LogP contribution in [0.4, 0.5) is 0 Å². The van der Waals surface area contributed by atoms with Crippen LogP contribution in [0.2, 0.25) is 0 Å². The molecule has 7 heteroatoms. The van der Waals surface area contributed by atoms with Crippen LogP contribution in [0.25, 0.3) is 0 Å². The number of rotatable bonds is 6. The number of hydrogen-bond donors (Lipinski definition) is 1. The maximum atomic E-state index is 6.15. The highest BCUT2D eigenvalue weighted by Gasteiger charge is 2.22. The molecule has 1 N–H and O–H groups in total. The second-order valence-electron chi connectivity index (χ2n) is 7.87. The van der Waals surface area contributed by atoms with E-state index in [0.29, 0.717) is 12.6 Å². The van der Waals surface area contributed by atoms with E-state index in [1.807, 2.05) is 26.1 Å². The van der Waals surface area contributed by atoms with Gasteiger partial charge in [0.2, 0.25) is 0 Å². The standard InChI is InChI=1S/C22H31N5O2/c1-17-14-19(25-29-17)16-26-10-12-27(13-11-26)22(23-2)24-15-18-6-3-4-9-21(18)28-20-7-5-8-20/h3-4,6,9,14,20H,5,7-8,10-13,15-16H2,1-2H3,(H,23,24). The Labute approximate surface area is 172 Å². The summed E-state index contributed by atoms with van der Waals surface area (Å²) in [5, 5.41) is 7.63. The summed E-state index contributed by atoms with van der Waals surface area (Å²) in [6.07, 6.45) is 4.00. The molecule has 29 heavy (non-hydrogen) atoms. The molecule has 1 aliphatic heterocycles. The third-order valence-corrected chi connectivity index (χ3v) is 5.70. The van der Waals surface area contributed by atoms with E-state index in [1.165, 1.54) is 24.8 Å². The third-order valence-electron chi connectivity index (χ3n) is 5.70. The highest BCUT2D eigenvalue weighted by Crippen LogP contribution is 2.27. The van der Waals surface area contributed by atoms with Gasteiger partial charge in [0.1, 0.15) is 11.5 Å². The van der Waals surface area contributed by atoms with Crippen LogP contribution in [0.5, 0.6) is 5.75 Å². The summed E-state index contributed by atoms with van der Waals surface area (Å²) in [6.45, 7) is 7.33. The Morgan fingerprint density at radius 3 is 2.69 bits per heavy atom. The molecule has 1 saturated carbocycles. The molecule has 0 amide bonds. The second kappa shape index (κ2) is 9.31. The molecule has 1 saturated heterocycles. The quantitative estimate of drug-likeness (QED) is 0.597. The molecule has 4 rings (SSSR count). The Hall–Kier alpha value is -2.54. The summed E-state index contributed by atoms with van der Waals surface area (Å²) in [4.78, 5) is 9.23. The van der Waals surface area contributed by atoms with Gasteiger partial charge in [0.15, 0.2) is 5.96 Å². The minimum Gasteiger partial charge on any atom is -0.490 e. The molecule has 2 aliphatic rings. The van der Waals surface area contributed by atoms with Gasteiger partial charge in [-0.3, -0.25) is 9.89 Å². The smallest absolute Gasteiger partial charge is 0.194 e. The first-order chi connectivity index (χ1) is 14.2. The monoisotopic (exact) mass is 397 g/mol. The van der Waals surface area contributed by atoms with Gasteiger partial charge in [-0.25, -0.2) is 0 Å². The Balaban J connectivity index is 1.28. The second-order valence-corrected chi connectivity index (χ2v) is 7.87. The lowest BCUT2D eigenvalue weighted by Crippen LogP contribution is -2.52. The van der Waals surface area contributed by atoms with Crippen LogP contribution in [-0.2, 0) is 13.1 Å². The zero-order valence-electron chi connectivity index (χ0n) is 17.4. The van der Waals surface area contributed by atoms with Crippen molar-refractivity contribution < 1.29 is 9.26 Å². The van der Waals surface area contributed by atoms with Crippen molar-refractivity contribution in [2.75, 3.05) is 33.2 Å². The summed E-state index contributed by atoms with van der Waals surface area (Å²) in [5.41, 5.74) is 2.18. The fraction of sp³-hybridized carbons (Fsp3) is 0.545. The fourth-order valence-electron chi connectivity index (χ4n) is 3.78. The summed E-state index contributed by atoms with van der Waals surface area (Å²) in [7, 11) is 1.85. The van der Waals surface area contributed by atoms with Crippen molar-refractivity contribution in [3.8, 4) is 5.75 Å². The van der Waals surface area contributed by atoms with Gasteiger partial charge >= 0.3 is 0 Å². The molecule has 2 aromatic rings. The molecule has 1 aromatic heterocycles. The average Bonchev–Trinajstić information content (AvgIpc) is 3.12. The molecule has 1 aromatic carbocycles. The predicted molar refractivity (Wildman–Crippen MR) is 113 cm³/mol. The molecule has 0 bridgehead atoms. The number of benzene rings is 1. The molecule has 0 spiro atoms. The van der Waals surface area contributed by atoms with Crippen molar-refractivity contribution in [1.82, 2.24) is 20.3 Å². The minimum absolute atomic E-state index is 0.386. The van der Waals surface area contributed by atoms with Crippen LogP contribution in [-0.4, -0.2) is 60.2 Å². The predicted octanol–water partition coefficient (Wildman–Crippen LogP) is 2.81. The van der Waals surface area contributed by atoms with Crippen molar-refractivity contribution in [3.05, 3.63) is 47.3 Å². The van der Waals surface area contributed by atoms with E-state index in [4.69, 9.17) is 9.26 Å². The zero-order valence-corrected chi connectivity index (χ0v) is 17.4. The molecular weight excluding hydrogens is 366 g/mol. The lowest BCUT2D eigenvalue weighted by molar-refractivity contribution is 0.119. The Kier molecular flexibility index (Phi) is 6.34. The van der Waals surface area contributed by atoms with Gasteiger partial charge in [-0.05, 0) is 32.3 Å². The van der Waals surface area contributed by atoms with Gasteiger partial charge in [-0.15, -0.1) is 0 Å². The number of aliphatic imine (C=N–C) groups is 1. The average molecular weight is 398 g/mol. The van der Waals surface area contributed by atoms with Crippen LogP contribution in [0.15, 0.2) is 39.8 Å². The number of nitrogens with zero attached hydrogens (tertiary/aromatic N) is 4. The van der Waals surface area contributed by atoms with Crippen LogP contribution in [0.1, 0.15) is 36.3 Å². The van der Waals surface area contributed by atoms with Gasteiger partial charge in [0.05, 0.1) is 11.8 Å². The maximum absolute atomic E-state index is 6.15. The zero-order chi connectivity index (χ0) is 20.1. The molecule has 2 heterocycles. The molecule has 2 fully saturated rings. The highest BCUT2D eigenvalue weighted by molar-refractivity contribution is 5.80. The number of guanidine groups is 1. The van der Waals surface area contributed by atoms with Gasteiger partial charge in [0.25, 0.3) is 0 Å². The normalized spacial score (nSPS) is 18.6. The molecule has 0 unspecified atom stereocenters. The Bertz CT molecular complexity index is 822. The summed E-state index contributed by atoms with van der Waals surface area (Å²) < 4.78 is 11.3. The Morgan fingerprint density at radius 2 is 2.03 bits per heavy atom. The first-order valence-corrected chi connectivity index (χ1v) is 10.6. The van der Waals surface area contributed by atoms with E-state index < -0.39 is 0 Å². The van der Waals surface area contributed by atoms with Gasteiger partial charge in [-0.1, -0.05) is 23.4 Å². The van der Waals surface area contributed by atoms with E-state index in [9.17, 15) is 0 Å². The van der Waals surface area contributed by atoms with Crippen LogP contribution in [0, 0.1) is 6.92 Å². The van der Waals surface area contributed by atoms with E-state index in [2.05, 4.69) is 43.5 Å². The molecule has 0 radical (unpaired) electrons. The first kappa shape index (κ1) is 19.8. The van der Waals surface area contributed by atoms with Gasteiger partial charge in [-0.2, -0.15) is 0 Å². The van der Waals surface area contributed by atoms with E-state index in [1.54, 1.807) is 0 Å². The molecular formula is C22H31N5O2. The molecule has 7 nitrogen and oxygen atoms in total. The van der Waals surface area contributed by atoms with Crippen molar-refractivity contribution in [2.24, 2.45) is 4.99 Å². The van der Waals surface area contributed by atoms with Crippen molar-refractivity contribution >= 4 is 5.96 Å². The number of hydrogen-bond acceptors (Lipinski definition) is 5. The Morgan fingerprint density at radius 1 is 1.24 bits per heavy atom. The van der Waals surface area contributed by atoms with Crippen LogP contribution >= 0.6 is 0 Å². The maximum Gasteiger partial charge on any atom is 0.194 e. The molecule has 0 atom stereocenters.